The van der Waals surface area contributed by atoms with Gasteiger partial charge in [-0.05, 0) is 18.5 Å². The van der Waals surface area contributed by atoms with Crippen LogP contribution in [0.5, 0.6) is 0 Å². The number of aliphatic hydroxyl groups excluding tert-OH is 1. The Kier molecular flexibility index (Phi) is 4.34. The highest BCUT2D eigenvalue weighted by Gasteiger charge is 2.27. The molecule has 0 spiro atoms. The Morgan fingerprint density at radius 1 is 1.59 bits per heavy atom. The van der Waals surface area contributed by atoms with Crippen LogP contribution in [0.15, 0.2) is 4.90 Å². The van der Waals surface area contributed by atoms with E-state index in [1.807, 2.05) is 0 Å². The van der Waals surface area contributed by atoms with Gasteiger partial charge < -0.3 is 15.7 Å². The number of nitrogens with zero attached hydrogens (tertiary/aromatic N) is 2. The van der Waals surface area contributed by atoms with Crippen LogP contribution in [0.3, 0.4) is 0 Å². The van der Waals surface area contributed by atoms with Crippen molar-refractivity contribution >= 4 is 32.2 Å². The summed E-state index contributed by atoms with van der Waals surface area (Å²) in [6, 6.07) is -0.194. The van der Waals surface area contributed by atoms with Crippen LogP contribution in [-0.2, 0) is 9.84 Å². The minimum atomic E-state index is -3.40. The summed E-state index contributed by atoms with van der Waals surface area (Å²) in [7, 11) is -1.69. The lowest BCUT2D eigenvalue weighted by Crippen LogP contribution is -2.32. The van der Waals surface area contributed by atoms with Crippen LogP contribution < -0.4 is 10.6 Å². The molecule has 8 heteroatoms. The number of likely N-dealkylation sites (N-methyl/N-ethyl adjacent to an activating group) is 1. The lowest BCUT2D eigenvalue weighted by molar-refractivity contribution is 0.270. The highest BCUT2D eigenvalue weighted by atomic mass is 32.2. The smallest absolute Gasteiger partial charge is 0.184 e. The monoisotopic (exact) mass is 279 g/mol. The van der Waals surface area contributed by atoms with Gasteiger partial charge in [0.2, 0.25) is 0 Å². The molecule has 0 saturated heterocycles. The number of nitrogens with two attached hydrogens (primary N) is 1. The summed E-state index contributed by atoms with van der Waals surface area (Å²) in [4.78, 5) is 1.75. The molecule has 17 heavy (non-hydrogen) atoms. The molecular weight excluding hydrogens is 262 g/mol. The second kappa shape index (κ2) is 5.19. The number of nitrogen functional groups attached to an aromatic ring is 1. The zero-order valence-corrected chi connectivity index (χ0v) is 11.7. The van der Waals surface area contributed by atoms with Crippen molar-refractivity contribution in [3.05, 3.63) is 0 Å². The molecule has 0 aliphatic heterocycles. The Morgan fingerprint density at radius 2 is 2.18 bits per heavy atom. The molecule has 1 atom stereocenters. The number of rotatable bonds is 5. The lowest BCUT2D eigenvalue weighted by atomic mass is 10.3. The third kappa shape index (κ3) is 2.70. The Hall–Kier alpha value is -0.860. The van der Waals surface area contributed by atoms with Crippen molar-refractivity contribution in [3.8, 4) is 0 Å². The number of anilines is 2. The summed E-state index contributed by atoms with van der Waals surface area (Å²) in [6.45, 7) is 3.28. The maximum absolute atomic E-state index is 11.9. The second-order valence-electron chi connectivity index (χ2n) is 3.75. The van der Waals surface area contributed by atoms with E-state index in [9.17, 15) is 8.42 Å². The van der Waals surface area contributed by atoms with Crippen molar-refractivity contribution in [1.82, 2.24) is 4.37 Å². The van der Waals surface area contributed by atoms with Crippen molar-refractivity contribution in [3.63, 3.8) is 0 Å². The van der Waals surface area contributed by atoms with E-state index in [1.54, 1.807) is 25.8 Å². The average Bonchev–Trinajstić information content (AvgIpc) is 2.69. The molecule has 0 radical (unpaired) electrons. The highest BCUT2D eigenvalue weighted by molar-refractivity contribution is 7.91. The maximum atomic E-state index is 11.9. The van der Waals surface area contributed by atoms with Gasteiger partial charge in [-0.2, -0.15) is 4.37 Å². The molecule has 1 rings (SSSR count). The topological polar surface area (TPSA) is 96.5 Å². The average molecular weight is 279 g/mol. The Balaban J connectivity index is 3.29. The van der Waals surface area contributed by atoms with Crippen molar-refractivity contribution in [2.45, 2.75) is 24.8 Å². The van der Waals surface area contributed by atoms with Gasteiger partial charge in [0.1, 0.15) is 9.90 Å². The highest BCUT2D eigenvalue weighted by Crippen LogP contribution is 2.35. The van der Waals surface area contributed by atoms with E-state index in [-0.39, 0.29) is 29.1 Å². The Morgan fingerprint density at radius 3 is 2.65 bits per heavy atom. The zero-order chi connectivity index (χ0) is 13.2. The van der Waals surface area contributed by atoms with E-state index in [0.29, 0.717) is 5.00 Å². The maximum Gasteiger partial charge on any atom is 0.184 e. The predicted molar refractivity (Wildman–Crippen MR) is 69.2 cm³/mol. The fourth-order valence-electron chi connectivity index (χ4n) is 1.27. The fraction of sp³-hybridized carbons (Fsp3) is 0.667. The third-order valence-corrected chi connectivity index (χ3v) is 5.46. The SMILES string of the molecule is CCS(=O)(=O)c1c(N)nsc1N(C)C(C)CO. The van der Waals surface area contributed by atoms with E-state index in [0.717, 1.165) is 11.5 Å². The number of sulfone groups is 1. The first-order valence-corrected chi connectivity index (χ1v) is 7.59. The van der Waals surface area contributed by atoms with Gasteiger partial charge in [-0.15, -0.1) is 0 Å². The molecule has 0 aliphatic rings. The first-order chi connectivity index (χ1) is 7.85. The van der Waals surface area contributed by atoms with Crippen LogP contribution in [0.1, 0.15) is 13.8 Å². The molecule has 98 valence electrons. The number of hydrogen-bond donors (Lipinski definition) is 2. The molecular formula is C9H17N3O3S2. The summed E-state index contributed by atoms with van der Waals surface area (Å²) in [5, 5.41) is 9.56. The summed E-state index contributed by atoms with van der Waals surface area (Å²) >= 11 is 1.03. The van der Waals surface area contributed by atoms with E-state index < -0.39 is 9.84 Å². The summed E-state index contributed by atoms with van der Waals surface area (Å²) in [6.07, 6.45) is 0. The van der Waals surface area contributed by atoms with Gasteiger partial charge >= 0.3 is 0 Å². The van der Waals surface area contributed by atoms with E-state index >= 15 is 0 Å². The molecule has 0 bridgehead atoms. The summed E-state index contributed by atoms with van der Waals surface area (Å²) in [5.74, 6) is 0.00748. The van der Waals surface area contributed by atoms with Crippen molar-refractivity contribution in [2.75, 3.05) is 30.0 Å². The van der Waals surface area contributed by atoms with Crippen molar-refractivity contribution in [1.29, 1.82) is 0 Å². The molecule has 1 aromatic rings. The minimum absolute atomic E-state index is 0.0238. The van der Waals surface area contributed by atoms with Gasteiger partial charge in [-0.25, -0.2) is 8.42 Å². The first-order valence-electron chi connectivity index (χ1n) is 5.16. The van der Waals surface area contributed by atoms with E-state index in [4.69, 9.17) is 10.8 Å². The fourth-order valence-corrected chi connectivity index (χ4v) is 3.65. The van der Waals surface area contributed by atoms with Gasteiger partial charge in [0.15, 0.2) is 15.7 Å². The summed E-state index contributed by atoms with van der Waals surface area (Å²) in [5.41, 5.74) is 5.61. The third-order valence-electron chi connectivity index (χ3n) is 2.59. The molecule has 1 unspecified atom stereocenters. The van der Waals surface area contributed by atoms with Gasteiger partial charge in [0.05, 0.1) is 12.4 Å². The van der Waals surface area contributed by atoms with Gasteiger partial charge in [0, 0.05) is 13.1 Å². The van der Waals surface area contributed by atoms with Crippen LogP contribution in [0.4, 0.5) is 10.8 Å². The lowest BCUT2D eigenvalue weighted by Gasteiger charge is -2.24. The molecule has 0 saturated carbocycles. The van der Waals surface area contributed by atoms with Gasteiger partial charge in [0.25, 0.3) is 0 Å². The molecule has 0 amide bonds. The number of aromatic nitrogens is 1. The van der Waals surface area contributed by atoms with Crippen LogP contribution in [-0.4, -0.2) is 43.3 Å². The van der Waals surface area contributed by atoms with E-state index in [2.05, 4.69) is 4.37 Å². The van der Waals surface area contributed by atoms with Gasteiger partial charge in [-0.3, -0.25) is 0 Å². The molecule has 0 aliphatic carbocycles. The summed E-state index contributed by atoms with van der Waals surface area (Å²) < 4.78 is 27.7. The molecule has 1 heterocycles. The molecule has 0 aromatic carbocycles. The van der Waals surface area contributed by atoms with Crippen LogP contribution in [0.2, 0.25) is 0 Å². The van der Waals surface area contributed by atoms with Crippen LogP contribution >= 0.6 is 11.5 Å². The Labute approximate surface area is 105 Å². The van der Waals surface area contributed by atoms with Gasteiger partial charge in [-0.1, -0.05) is 6.92 Å². The predicted octanol–water partition coefficient (Wildman–Crippen LogP) is 0.336. The minimum Gasteiger partial charge on any atom is -0.394 e. The first kappa shape index (κ1) is 14.2. The van der Waals surface area contributed by atoms with Crippen LogP contribution in [0, 0.1) is 0 Å². The van der Waals surface area contributed by atoms with Crippen molar-refractivity contribution in [2.24, 2.45) is 0 Å². The molecule has 6 nitrogen and oxygen atoms in total. The normalized spacial score (nSPS) is 13.6. The molecule has 1 aromatic heterocycles. The van der Waals surface area contributed by atoms with Crippen molar-refractivity contribution < 1.29 is 13.5 Å². The zero-order valence-electron chi connectivity index (χ0n) is 10.0. The number of hydrogen-bond acceptors (Lipinski definition) is 7. The number of aliphatic hydroxyl groups is 1. The van der Waals surface area contributed by atoms with Crippen LogP contribution in [0.25, 0.3) is 0 Å². The second-order valence-corrected chi connectivity index (χ2v) is 6.71. The molecule has 0 fully saturated rings. The molecule has 3 N–H and O–H groups in total. The quantitative estimate of drug-likeness (QED) is 0.806. The Bertz CT molecular complexity index is 484. The largest absolute Gasteiger partial charge is 0.394 e. The standard InChI is InChI=1S/C9H17N3O3S2/c1-4-17(14,15)7-8(10)11-16-9(7)12(3)6(2)5-13/h6,13H,4-5H2,1-3H3,(H2,10,11). The van der Waals surface area contributed by atoms with E-state index in [1.165, 1.54) is 0 Å².